The average Bonchev–Trinajstić information content (AvgIpc) is 3.70. The van der Waals surface area contributed by atoms with Gasteiger partial charge >= 0.3 is 29.6 Å². The van der Waals surface area contributed by atoms with Gasteiger partial charge in [0.25, 0.3) is 0 Å². The number of piperidine rings is 2. The van der Waals surface area contributed by atoms with Gasteiger partial charge in [-0.25, -0.2) is 0 Å². The minimum atomic E-state index is -0.609. The minimum absolute atomic E-state index is 0. The number of hydrogen-bond donors (Lipinski definition) is 2. The Morgan fingerprint density at radius 2 is 1.16 bits per heavy atom. The first kappa shape index (κ1) is 34.2. The maximum atomic E-state index is 10.2. The summed E-state index contributed by atoms with van der Waals surface area (Å²) in [7, 11) is 3.40. The summed E-state index contributed by atoms with van der Waals surface area (Å²) >= 11 is 0. The van der Waals surface area contributed by atoms with Crippen molar-refractivity contribution < 1.29 is 54.4 Å². The van der Waals surface area contributed by atoms with Crippen molar-refractivity contribution in [2.45, 2.75) is 50.0 Å². The van der Waals surface area contributed by atoms with E-state index in [2.05, 4.69) is 64.4 Å². The zero-order valence-electron chi connectivity index (χ0n) is 23.3. The van der Waals surface area contributed by atoms with Gasteiger partial charge in [-0.3, -0.25) is 9.80 Å². The Morgan fingerprint density at radius 1 is 0.784 bits per heavy atom. The largest absolute Gasteiger partial charge is 1.00 e. The number of rotatable bonds is 6. The Kier molecular flexibility index (Phi) is 17.0. The molecule has 0 saturated carbocycles. The Labute approximate surface area is 245 Å². The summed E-state index contributed by atoms with van der Waals surface area (Å²) in [5.74, 6) is 0. The molecule has 8 heteroatoms. The summed E-state index contributed by atoms with van der Waals surface area (Å²) in [5.41, 5.74) is 2.46. The summed E-state index contributed by atoms with van der Waals surface area (Å²) in [6.45, 7) is 7.78. The van der Waals surface area contributed by atoms with Crippen LogP contribution in [0.3, 0.4) is 0 Å². The zero-order chi connectivity index (χ0) is 26.3. The third kappa shape index (κ3) is 12.3. The van der Waals surface area contributed by atoms with Gasteiger partial charge in [-0.05, 0) is 36.8 Å². The first-order valence-electron chi connectivity index (χ1n) is 12.8. The van der Waals surface area contributed by atoms with E-state index in [-0.39, 0.29) is 29.6 Å². The monoisotopic (exact) mass is 524 g/mol. The van der Waals surface area contributed by atoms with Gasteiger partial charge in [0.1, 0.15) is 0 Å². The van der Waals surface area contributed by atoms with Gasteiger partial charge < -0.3 is 24.8 Å². The summed E-state index contributed by atoms with van der Waals surface area (Å²) in [6.07, 6.45) is 4.04. The third-order valence-electron chi connectivity index (χ3n) is 7.02. The normalized spacial score (nSPS) is 19.5. The number of aliphatic hydroxyl groups excluding tert-OH is 1. The Morgan fingerprint density at radius 3 is 1.51 bits per heavy atom. The molecule has 0 radical (unpaired) electrons. The molecule has 3 aliphatic rings. The molecular weight excluding hydrogens is 479 g/mol. The number of aliphatic hydroxyl groups is 2. The fraction of sp³-hybridized carbons (Fsp3) is 0.586. The van der Waals surface area contributed by atoms with Crippen LogP contribution in [0.15, 0.2) is 60.7 Å². The molecule has 3 saturated heterocycles. The Hall–Kier alpha value is -0.840. The Bertz CT molecular complexity index is 806. The number of epoxide rings is 1. The molecule has 0 aliphatic carbocycles. The molecule has 2 N–H and O–H groups in total. The third-order valence-corrected chi connectivity index (χ3v) is 7.02. The van der Waals surface area contributed by atoms with Crippen LogP contribution in [0.25, 0.3) is 0 Å². The fourth-order valence-electron chi connectivity index (χ4n) is 4.73. The van der Waals surface area contributed by atoms with Crippen molar-refractivity contribution in [1.82, 2.24) is 9.80 Å². The zero-order valence-corrected chi connectivity index (χ0v) is 25.3. The molecule has 5 rings (SSSR count). The first-order chi connectivity index (χ1) is 17.6. The van der Waals surface area contributed by atoms with Crippen LogP contribution in [0.5, 0.6) is 0 Å². The summed E-state index contributed by atoms with van der Waals surface area (Å²) in [6, 6.07) is 21.2. The van der Waals surface area contributed by atoms with Crippen molar-refractivity contribution in [3.63, 3.8) is 0 Å². The van der Waals surface area contributed by atoms with Crippen LogP contribution in [-0.4, -0.2) is 91.9 Å². The molecule has 37 heavy (non-hydrogen) atoms. The van der Waals surface area contributed by atoms with Gasteiger partial charge in [0, 0.05) is 53.5 Å². The SMILES string of the molecule is CO.COCC1(O)CCN(Cc2ccccc2)CC1.C[O-].[Na+].c1ccc(CN2CCC3(CC2)CO3)cc1. The van der Waals surface area contributed by atoms with Gasteiger partial charge in [0.2, 0.25) is 0 Å². The summed E-state index contributed by atoms with van der Waals surface area (Å²) in [4.78, 5) is 4.92. The van der Waals surface area contributed by atoms with E-state index in [0.717, 1.165) is 59.8 Å². The van der Waals surface area contributed by atoms with Crippen LogP contribution < -0.4 is 34.7 Å². The molecule has 0 unspecified atom stereocenters. The summed E-state index contributed by atoms with van der Waals surface area (Å²) in [5, 5.41) is 25.5. The van der Waals surface area contributed by atoms with E-state index in [1.807, 2.05) is 6.07 Å². The van der Waals surface area contributed by atoms with E-state index in [9.17, 15) is 5.11 Å². The van der Waals surface area contributed by atoms with Crippen LogP contribution in [0.1, 0.15) is 36.8 Å². The van der Waals surface area contributed by atoms with Gasteiger partial charge in [-0.2, -0.15) is 7.11 Å². The van der Waals surface area contributed by atoms with E-state index in [4.69, 9.17) is 19.7 Å². The topological polar surface area (TPSA) is 91.8 Å². The number of benzene rings is 2. The summed E-state index contributed by atoms with van der Waals surface area (Å²) < 4.78 is 10.6. The van der Waals surface area contributed by atoms with Crippen molar-refractivity contribution in [1.29, 1.82) is 0 Å². The maximum absolute atomic E-state index is 10.2. The molecule has 3 aliphatic heterocycles. The predicted octanol–water partition coefficient (Wildman–Crippen LogP) is -0.700. The standard InChI is InChI=1S/C14H21NO2.C13H17NO.CH4O.CH3O.Na/c1-17-12-14(16)7-9-15(10-8-14)11-13-5-3-2-4-6-13;1-2-4-12(5-3-1)10-14-8-6-13(7-9-14)11-15-13;2*1-2;/h2-6,16H,7-12H2,1H3;1-5H,6-11H2;2H,1H3;1H3;/q;;;-1;+1. The van der Waals surface area contributed by atoms with E-state index in [1.165, 1.54) is 37.1 Å². The minimum Gasteiger partial charge on any atom is -0.857 e. The predicted molar refractivity (Wildman–Crippen MR) is 141 cm³/mol. The van der Waals surface area contributed by atoms with E-state index in [0.29, 0.717) is 12.2 Å². The number of methoxy groups -OCH3 is 1. The van der Waals surface area contributed by atoms with E-state index in [1.54, 1.807) is 7.11 Å². The molecular formula is C29H45N2NaO5. The number of hydrogen-bond acceptors (Lipinski definition) is 7. The van der Waals surface area contributed by atoms with Crippen molar-refractivity contribution in [2.75, 3.05) is 60.7 Å². The van der Waals surface area contributed by atoms with Crippen molar-refractivity contribution >= 4 is 0 Å². The van der Waals surface area contributed by atoms with Gasteiger partial charge in [-0.15, -0.1) is 0 Å². The molecule has 0 bridgehead atoms. The molecule has 2 aromatic rings. The quantitative estimate of drug-likeness (QED) is 0.382. The van der Waals surface area contributed by atoms with Crippen LogP contribution in [0.2, 0.25) is 0 Å². The molecule has 202 valence electrons. The van der Waals surface area contributed by atoms with Crippen LogP contribution >= 0.6 is 0 Å². The van der Waals surface area contributed by atoms with Gasteiger partial charge in [-0.1, -0.05) is 60.7 Å². The van der Waals surface area contributed by atoms with Gasteiger partial charge in [0.15, 0.2) is 0 Å². The second-order valence-corrected chi connectivity index (χ2v) is 9.65. The van der Waals surface area contributed by atoms with E-state index >= 15 is 0 Å². The maximum Gasteiger partial charge on any atom is 1.00 e. The second kappa shape index (κ2) is 18.4. The van der Waals surface area contributed by atoms with Crippen LogP contribution in [0, 0.1) is 0 Å². The Balaban J connectivity index is 0.000000320. The molecule has 7 nitrogen and oxygen atoms in total. The number of likely N-dealkylation sites (tertiary alicyclic amines) is 2. The van der Waals surface area contributed by atoms with Crippen molar-refractivity contribution in [2.24, 2.45) is 0 Å². The van der Waals surface area contributed by atoms with Gasteiger partial charge in [0.05, 0.1) is 24.4 Å². The van der Waals surface area contributed by atoms with Crippen LogP contribution in [0.4, 0.5) is 0 Å². The van der Waals surface area contributed by atoms with Crippen molar-refractivity contribution in [3.05, 3.63) is 71.8 Å². The number of ether oxygens (including phenoxy) is 2. The molecule has 2 aromatic carbocycles. The molecule has 0 atom stereocenters. The molecule has 3 heterocycles. The number of nitrogens with zero attached hydrogens (tertiary/aromatic N) is 2. The van der Waals surface area contributed by atoms with E-state index < -0.39 is 5.60 Å². The van der Waals surface area contributed by atoms with Crippen molar-refractivity contribution in [3.8, 4) is 0 Å². The second-order valence-electron chi connectivity index (χ2n) is 9.65. The smallest absolute Gasteiger partial charge is 0.857 e. The fourth-order valence-corrected chi connectivity index (χ4v) is 4.73. The van der Waals surface area contributed by atoms with Crippen LogP contribution in [-0.2, 0) is 22.6 Å². The molecule has 3 fully saturated rings. The first-order valence-corrected chi connectivity index (χ1v) is 12.8. The molecule has 1 spiro atoms. The molecule has 0 aromatic heterocycles. The molecule has 0 amide bonds. The average molecular weight is 525 g/mol.